The molecule has 0 aliphatic carbocycles. The van der Waals surface area contributed by atoms with Gasteiger partial charge >= 0.3 is 0 Å². The number of rotatable bonds is 10. The second-order valence-corrected chi connectivity index (χ2v) is 8.17. The molecule has 3 N–H and O–H groups in total. The van der Waals surface area contributed by atoms with Gasteiger partial charge in [0.2, 0.25) is 11.8 Å². The molecule has 3 atom stereocenters. The van der Waals surface area contributed by atoms with Gasteiger partial charge in [0.05, 0.1) is 18.6 Å². The van der Waals surface area contributed by atoms with Gasteiger partial charge in [0.15, 0.2) is 0 Å². The monoisotopic (exact) mass is 410 g/mol. The highest BCUT2D eigenvalue weighted by Crippen LogP contribution is 2.25. The summed E-state index contributed by atoms with van der Waals surface area (Å²) in [5.41, 5.74) is 1.74. The van der Waals surface area contributed by atoms with Crippen LogP contribution in [0.15, 0.2) is 60.7 Å². The number of carbonyl (C=O) groups excluding carboxylic acids is 2. The molecule has 0 unspecified atom stereocenters. The highest BCUT2D eigenvalue weighted by Gasteiger charge is 2.31. The molecule has 5 heteroatoms. The number of amides is 2. The number of aliphatic hydroxyl groups excluding tert-OH is 1. The zero-order valence-electron chi connectivity index (χ0n) is 18.3. The van der Waals surface area contributed by atoms with E-state index >= 15 is 0 Å². The lowest BCUT2D eigenvalue weighted by Crippen LogP contribution is -2.54. The van der Waals surface area contributed by atoms with Crippen LogP contribution in [-0.2, 0) is 9.59 Å². The van der Waals surface area contributed by atoms with E-state index in [9.17, 15) is 14.7 Å². The number of hydrogen-bond acceptors (Lipinski definition) is 3. The van der Waals surface area contributed by atoms with Crippen molar-refractivity contribution >= 4 is 11.8 Å². The predicted molar refractivity (Wildman–Crippen MR) is 120 cm³/mol. The van der Waals surface area contributed by atoms with Gasteiger partial charge < -0.3 is 15.7 Å². The lowest BCUT2D eigenvalue weighted by molar-refractivity contribution is -0.131. The van der Waals surface area contributed by atoms with E-state index in [4.69, 9.17) is 0 Å². The zero-order valence-corrected chi connectivity index (χ0v) is 18.3. The number of benzene rings is 2. The van der Waals surface area contributed by atoms with Gasteiger partial charge in [-0.25, -0.2) is 0 Å². The maximum Gasteiger partial charge on any atom is 0.243 e. The lowest BCUT2D eigenvalue weighted by atomic mass is 9.89. The second kappa shape index (κ2) is 11.5. The van der Waals surface area contributed by atoms with Gasteiger partial charge in [-0.2, -0.15) is 0 Å². The Kier molecular flexibility index (Phi) is 9.06. The Morgan fingerprint density at radius 1 is 0.833 bits per heavy atom. The van der Waals surface area contributed by atoms with E-state index < -0.39 is 12.0 Å². The first-order chi connectivity index (χ1) is 14.4. The molecule has 5 nitrogen and oxygen atoms in total. The van der Waals surface area contributed by atoms with E-state index in [1.807, 2.05) is 88.4 Å². The van der Waals surface area contributed by atoms with Crippen molar-refractivity contribution in [2.24, 2.45) is 11.8 Å². The van der Waals surface area contributed by atoms with Crippen LogP contribution in [0.4, 0.5) is 0 Å². The van der Waals surface area contributed by atoms with Gasteiger partial charge in [-0.3, -0.25) is 9.59 Å². The third-order valence-corrected chi connectivity index (χ3v) is 5.63. The molecule has 0 aliphatic heterocycles. The summed E-state index contributed by atoms with van der Waals surface area (Å²) in [6.45, 7) is 7.69. The molecule has 2 aromatic carbocycles. The van der Waals surface area contributed by atoms with Crippen LogP contribution >= 0.6 is 0 Å². The average Bonchev–Trinajstić information content (AvgIpc) is 2.76. The average molecular weight is 411 g/mol. The van der Waals surface area contributed by atoms with Crippen molar-refractivity contribution in [1.82, 2.24) is 10.6 Å². The molecule has 0 aliphatic rings. The van der Waals surface area contributed by atoms with Gasteiger partial charge in [-0.1, -0.05) is 94.8 Å². The first-order valence-corrected chi connectivity index (χ1v) is 10.7. The number of nitrogens with one attached hydrogen (secondary N) is 2. The van der Waals surface area contributed by atoms with Crippen molar-refractivity contribution in [3.8, 4) is 0 Å². The maximum atomic E-state index is 13.4. The molecular formula is C25H34N2O3. The van der Waals surface area contributed by atoms with Crippen LogP contribution in [-0.4, -0.2) is 35.6 Å². The standard InChI is InChI=1S/C25H34N2O3/c1-5-18(4)21(16-28)26-25(30)23(17(2)3)27-24(29)22(19-12-8-6-9-13-19)20-14-10-7-11-15-20/h6-15,17-18,21-23,28H,5,16H2,1-4H3,(H,26,30)(H,27,29)/t18-,21+,23-/m1/s1. The summed E-state index contributed by atoms with van der Waals surface area (Å²) in [6, 6.07) is 18.1. The molecule has 0 fully saturated rings. The van der Waals surface area contributed by atoms with E-state index in [1.54, 1.807) is 0 Å². The molecule has 0 aromatic heterocycles. The van der Waals surface area contributed by atoms with E-state index in [1.165, 1.54) is 0 Å². The number of carbonyl (C=O) groups is 2. The fourth-order valence-electron chi connectivity index (χ4n) is 3.48. The van der Waals surface area contributed by atoms with Crippen LogP contribution in [0.5, 0.6) is 0 Å². The quantitative estimate of drug-likeness (QED) is 0.561. The van der Waals surface area contributed by atoms with Crippen molar-refractivity contribution in [3.05, 3.63) is 71.8 Å². The summed E-state index contributed by atoms with van der Waals surface area (Å²) < 4.78 is 0. The summed E-state index contributed by atoms with van der Waals surface area (Å²) in [7, 11) is 0. The topological polar surface area (TPSA) is 78.4 Å². The Labute approximate surface area is 179 Å². The summed E-state index contributed by atoms with van der Waals surface area (Å²) in [4.78, 5) is 26.3. The van der Waals surface area contributed by atoms with Crippen LogP contribution in [0, 0.1) is 11.8 Å². The maximum absolute atomic E-state index is 13.4. The Hall–Kier alpha value is -2.66. The normalized spacial score (nSPS) is 14.2. The largest absolute Gasteiger partial charge is 0.394 e. The molecule has 2 amide bonds. The van der Waals surface area contributed by atoms with Crippen LogP contribution in [0.2, 0.25) is 0 Å². The lowest BCUT2D eigenvalue weighted by Gasteiger charge is -2.29. The number of aliphatic hydroxyl groups is 1. The fourth-order valence-corrected chi connectivity index (χ4v) is 3.48. The second-order valence-electron chi connectivity index (χ2n) is 8.17. The highest BCUT2D eigenvalue weighted by molar-refractivity contribution is 5.92. The van der Waals surface area contributed by atoms with E-state index in [2.05, 4.69) is 10.6 Å². The molecule has 162 valence electrons. The SMILES string of the molecule is CC[C@@H](C)[C@H](CO)NC(=O)[C@H](NC(=O)C(c1ccccc1)c1ccccc1)C(C)C. The third-order valence-electron chi connectivity index (χ3n) is 5.63. The minimum Gasteiger partial charge on any atom is -0.394 e. The summed E-state index contributed by atoms with van der Waals surface area (Å²) >= 11 is 0. The smallest absolute Gasteiger partial charge is 0.243 e. The Morgan fingerprint density at radius 2 is 1.33 bits per heavy atom. The molecule has 0 saturated heterocycles. The zero-order chi connectivity index (χ0) is 22.1. The fraction of sp³-hybridized carbons (Fsp3) is 0.440. The first-order valence-electron chi connectivity index (χ1n) is 10.7. The molecule has 0 heterocycles. The molecule has 0 saturated carbocycles. The van der Waals surface area contributed by atoms with Crippen LogP contribution in [0.3, 0.4) is 0 Å². The van der Waals surface area contributed by atoms with E-state index in [0.717, 1.165) is 17.5 Å². The van der Waals surface area contributed by atoms with Crippen LogP contribution < -0.4 is 10.6 Å². The molecule has 2 aromatic rings. The third kappa shape index (κ3) is 6.17. The summed E-state index contributed by atoms with van der Waals surface area (Å²) in [6.07, 6.45) is 0.842. The van der Waals surface area contributed by atoms with Gasteiger partial charge in [0.25, 0.3) is 0 Å². The molecule has 0 radical (unpaired) electrons. The van der Waals surface area contributed by atoms with E-state index in [-0.39, 0.29) is 36.3 Å². The minimum atomic E-state index is -0.689. The van der Waals surface area contributed by atoms with Gasteiger partial charge in [-0.15, -0.1) is 0 Å². The summed E-state index contributed by atoms with van der Waals surface area (Å²) in [5.74, 6) is -0.950. The van der Waals surface area contributed by atoms with E-state index in [0.29, 0.717) is 0 Å². The Morgan fingerprint density at radius 3 is 1.73 bits per heavy atom. The van der Waals surface area contributed by atoms with Gasteiger partial charge in [0, 0.05) is 0 Å². The Bertz CT molecular complexity index is 753. The minimum absolute atomic E-state index is 0.0996. The van der Waals surface area contributed by atoms with Gasteiger partial charge in [-0.05, 0) is 23.0 Å². The van der Waals surface area contributed by atoms with Crippen molar-refractivity contribution in [3.63, 3.8) is 0 Å². The van der Waals surface area contributed by atoms with Crippen LogP contribution in [0.25, 0.3) is 0 Å². The van der Waals surface area contributed by atoms with Crippen molar-refractivity contribution in [2.75, 3.05) is 6.61 Å². The molecule has 2 rings (SSSR count). The Balaban J connectivity index is 2.25. The highest BCUT2D eigenvalue weighted by atomic mass is 16.3. The molecule has 30 heavy (non-hydrogen) atoms. The van der Waals surface area contributed by atoms with Crippen LogP contribution in [0.1, 0.15) is 51.2 Å². The predicted octanol–water partition coefficient (Wildman–Crippen LogP) is 3.48. The molecule has 0 bridgehead atoms. The molecule has 0 spiro atoms. The van der Waals surface area contributed by atoms with Crippen molar-refractivity contribution in [1.29, 1.82) is 0 Å². The van der Waals surface area contributed by atoms with Gasteiger partial charge in [0.1, 0.15) is 6.04 Å². The van der Waals surface area contributed by atoms with Crippen molar-refractivity contribution < 1.29 is 14.7 Å². The van der Waals surface area contributed by atoms with Crippen molar-refractivity contribution in [2.45, 2.75) is 52.1 Å². The number of hydrogen-bond donors (Lipinski definition) is 3. The summed E-state index contributed by atoms with van der Waals surface area (Å²) in [5, 5.41) is 15.5. The first kappa shape index (κ1) is 23.6. The molecular weight excluding hydrogens is 376 g/mol.